The van der Waals surface area contributed by atoms with E-state index in [9.17, 15) is 8.42 Å². The third kappa shape index (κ3) is 2.67. The zero-order valence-electron chi connectivity index (χ0n) is 10.6. The molecule has 1 aromatic rings. The summed E-state index contributed by atoms with van der Waals surface area (Å²) in [5.74, 6) is 0.489. The number of nitrogens with two attached hydrogens (primary N) is 1. The number of hydrogen-bond acceptors (Lipinski definition) is 4. The van der Waals surface area contributed by atoms with Crippen molar-refractivity contribution in [1.82, 2.24) is 9.78 Å². The number of sulfonamides is 1. The van der Waals surface area contributed by atoms with E-state index in [-0.39, 0.29) is 11.8 Å². The molecule has 0 aliphatic heterocycles. The van der Waals surface area contributed by atoms with Crippen LogP contribution >= 0.6 is 0 Å². The molecule has 3 N–H and O–H groups in total. The number of rotatable bonds is 4. The van der Waals surface area contributed by atoms with Crippen molar-refractivity contribution >= 4 is 15.8 Å². The highest BCUT2D eigenvalue weighted by atomic mass is 32.2. The van der Waals surface area contributed by atoms with E-state index >= 15 is 0 Å². The predicted octanol–water partition coefficient (Wildman–Crippen LogP) is 0.953. The van der Waals surface area contributed by atoms with Gasteiger partial charge in [0.2, 0.25) is 10.0 Å². The van der Waals surface area contributed by atoms with E-state index in [4.69, 9.17) is 5.73 Å². The lowest BCUT2D eigenvalue weighted by molar-refractivity contribution is 0.486. The second-order valence-corrected chi connectivity index (χ2v) is 6.71. The molecule has 1 saturated carbocycles. The van der Waals surface area contributed by atoms with Crippen LogP contribution in [0.15, 0.2) is 6.20 Å². The first kappa shape index (κ1) is 13.4. The van der Waals surface area contributed by atoms with Crippen molar-refractivity contribution in [3.63, 3.8) is 0 Å². The molecule has 0 bridgehead atoms. The van der Waals surface area contributed by atoms with Crippen molar-refractivity contribution < 1.29 is 8.42 Å². The fraction of sp³-hybridized carbons (Fsp3) is 0.727. The third-order valence-corrected chi connectivity index (χ3v) is 5.29. The number of hydrogen-bond donors (Lipinski definition) is 2. The highest BCUT2D eigenvalue weighted by Gasteiger charge is 2.28. The summed E-state index contributed by atoms with van der Waals surface area (Å²) in [5.41, 5.74) is 6.29. The highest BCUT2D eigenvalue weighted by Crippen LogP contribution is 2.26. The maximum Gasteiger partial charge on any atom is 0.236 e. The molecule has 0 aromatic carbocycles. The lowest BCUT2D eigenvalue weighted by atomic mass is 10.0. The van der Waals surface area contributed by atoms with Crippen molar-refractivity contribution in [2.24, 2.45) is 12.8 Å². The van der Waals surface area contributed by atoms with Gasteiger partial charge >= 0.3 is 0 Å². The topological polar surface area (TPSA) is 90.0 Å². The lowest BCUT2D eigenvalue weighted by Crippen LogP contribution is -2.30. The quantitative estimate of drug-likeness (QED) is 0.854. The molecule has 18 heavy (non-hydrogen) atoms. The molecule has 102 valence electrons. The predicted molar refractivity (Wildman–Crippen MR) is 70.5 cm³/mol. The summed E-state index contributed by atoms with van der Waals surface area (Å²) in [6.07, 6.45) is 6.18. The number of nitrogens with zero attached hydrogens (tertiary/aromatic N) is 2. The molecule has 0 saturated heterocycles. The van der Waals surface area contributed by atoms with E-state index in [1.807, 2.05) is 0 Å². The SMILES string of the molecule is Cn1ncc(CN)c1NS(=O)(=O)C1CCCCC1. The summed E-state index contributed by atoms with van der Waals surface area (Å²) >= 11 is 0. The van der Waals surface area contributed by atoms with Gasteiger partial charge in [0.25, 0.3) is 0 Å². The van der Waals surface area contributed by atoms with Gasteiger partial charge in [-0.25, -0.2) is 8.42 Å². The molecular weight excluding hydrogens is 252 g/mol. The van der Waals surface area contributed by atoms with Crippen molar-refractivity contribution in [2.45, 2.75) is 43.9 Å². The number of nitrogens with one attached hydrogen (secondary N) is 1. The monoisotopic (exact) mass is 272 g/mol. The Bertz CT molecular complexity index is 503. The van der Waals surface area contributed by atoms with Gasteiger partial charge in [-0.05, 0) is 12.8 Å². The second-order valence-electron chi connectivity index (χ2n) is 4.75. The van der Waals surface area contributed by atoms with Crippen LogP contribution in [0.3, 0.4) is 0 Å². The van der Waals surface area contributed by atoms with Gasteiger partial charge in [-0.1, -0.05) is 19.3 Å². The zero-order valence-corrected chi connectivity index (χ0v) is 11.4. The molecule has 1 aliphatic carbocycles. The zero-order chi connectivity index (χ0) is 13.2. The Hall–Kier alpha value is -1.08. The number of aromatic nitrogens is 2. The van der Waals surface area contributed by atoms with E-state index in [0.29, 0.717) is 5.82 Å². The molecule has 0 atom stereocenters. The van der Waals surface area contributed by atoms with E-state index in [1.54, 1.807) is 13.2 Å². The summed E-state index contributed by atoms with van der Waals surface area (Å²) in [5, 5.41) is 3.74. The maximum atomic E-state index is 12.3. The van der Waals surface area contributed by atoms with Crippen LogP contribution < -0.4 is 10.5 Å². The minimum absolute atomic E-state index is 0.274. The minimum Gasteiger partial charge on any atom is -0.326 e. The van der Waals surface area contributed by atoms with Crippen molar-refractivity contribution in [2.75, 3.05) is 4.72 Å². The normalized spacial score (nSPS) is 17.9. The maximum absolute atomic E-state index is 12.3. The van der Waals surface area contributed by atoms with E-state index in [2.05, 4.69) is 9.82 Å². The summed E-state index contributed by atoms with van der Waals surface area (Å²) in [6.45, 7) is 0.274. The van der Waals surface area contributed by atoms with Gasteiger partial charge in [-0.2, -0.15) is 5.10 Å². The van der Waals surface area contributed by atoms with E-state index in [1.165, 1.54) is 4.68 Å². The van der Waals surface area contributed by atoms with Crippen LogP contribution in [0.5, 0.6) is 0 Å². The van der Waals surface area contributed by atoms with Crippen molar-refractivity contribution in [1.29, 1.82) is 0 Å². The van der Waals surface area contributed by atoms with E-state index < -0.39 is 10.0 Å². The van der Waals surface area contributed by atoms with Gasteiger partial charge in [0.1, 0.15) is 5.82 Å². The molecule has 1 fully saturated rings. The number of aryl methyl sites for hydroxylation is 1. The van der Waals surface area contributed by atoms with Crippen LogP contribution in [0.1, 0.15) is 37.7 Å². The summed E-state index contributed by atoms with van der Waals surface area (Å²) in [4.78, 5) is 0. The molecule has 0 amide bonds. The Morgan fingerprint density at radius 1 is 1.44 bits per heavy atom. The Labute approximate surface area is 108 Å². The van der Waals surface area contributed by atoms with E-state index in [0.717, 1.165) is 37.7 Å². The summed E-state index contributed by atoms with van der Waals surface area (Å²) in [7, 11) is -1.62. The first-order valence-corrected chi connectivity index (χ1v) is 7.82. The first-order valence-electron chi connectivity index (χ1n) is 6.27. The minimum atomic E-state index is -3.33. The molecule has 2 rings (SSSR count). The number of anilines is 1. The van der Waals surface area contributed by atoms with Crippen LogP contribution in [0.2, 0.25) is 0 Å². The van der Waals surface area contributed by atoms with Crippen molar-refractivity contribution in [3.8, 4) is 0 Å². The largest absolute Gasteiger partial charge is 0.326 e. The highest BCUT2D eigenvalue weighted by molar-refractivity contribution is 7.93. The Morgan fingerprint density at radius 2 is 2.11 bits per heavy atom. The molecular formula is C11H20N4O2S. The molecule has 1 heterocycles. The molecule has 0 unspecified atom stereocenters. The first-order chi connectivity index (χ1) is 8.54. The third-order valence-electron chi connectivity index (χ3n) is 3.46. The summed E-state index contributed by atoms with van der Waals surface area (Å²) in [6, 6.07) is 0. The lowest BCUT2D eigenvalue weighted by Gasteiger charge is -2.22. The van der Waals surface area contributed by atoms with Gasteiger partial charge < -0.3 is 5.73 Å². The average Bonchev–Trinajstić information content (AvgIpc) is 2.71. The molecule has 7 heteroatoms. The standard InChI is InChI=1S/C11H20N4O2S/c1-15-11(9(7-12)8-13-15)14-18(16,17)10-5-3-2-4-6-10/h8,10,14H,2-7,12H2,1H3. The molecule has 0 spiro atoms. The van der Waals surface area contributed by atoms with Gasteiger partial charge in [0, 0.05) is 19.2 Å². The van der Waals surface area contributed by atoms with Crippen LogP contribution in [0.4, 0.5) is 5.82 Å². The smallest absolute Gasteiger partial charge is 0.236 e. The fourth-order valence-electron chi connectivity index (χ4n) is 2.36. The molecule has 1 aromatic heterocycles. The molecule has 6 nitrogen and oxygen atoms in total. The van der Waals surface area contributed by atoms with Gasteiger partial charge in [0.15, 0.2) is 0 Å². The Kier molecular flexibility index (Phi) is 3.91. The van der Waals surface area contributed by atoms with Gasteiger partial charge in [0.05, 0.1) is 11.4 Å². The summed E-state index contributed by atoms with van der Waals surface area (Å²) < 4.78 is 28.7. The molecule has 0 radical (unpaired) electrons. The Balaban J connectivity index is 2.18. The fourth-order valence-corrected chi connectivity index (χ4v) is 4.01. The van der Waals surface area contributed by atoms with Crippen LogP contribution in [0, 0.1) is 0 Å². The Morgan fingerprint density at radius 3 is 2.72 bits per heavy atom. The van der Waals surface area contributed by atoms with Crippen LogP contribution in [-0.2, 0) is 23.6 Å². The van der Waals surface area contributed by atoms with Crippen LogP contribution in [0.25, 0.3) is 0 Å². The van der Waals surface area contributed by atoms with Crippen molar-refractivity contribution in [3.05, 3.63) is 11.8 Å². The van der Waals surface area contributed by atoms with Crippen LogP contribution in [-0.4, -0.2) is 23.4 Å². The average molecular weight is 272 g/mol. The molecule has 1 aliphatic rings. The second kappa shape index (κ2) is 5.27. The van der Waals surface area contributed by atoms with Gasteiger partial charge in [-0.3, -0.25) is 9.40 Å². The van der Waals surface area contributed by atoms with Gasteiger partial charge in [-0.15, -0.1) is 0 Å².